The number of rotatable bonds is 4. The summed E-state index contributed by atoms with van der Waals surface area (Å²) in [5, 5.41) is 22.3. The molecule has 2 heterocycles. The van der Waals surface area contributed by atoms with E-state index in [2.05, 4.69) is 32.3 Å². The van der Waals surface area contributed by atoms with Crippen LogP contribution in [0, 0.1) is 11.3 Å². The van der Waals surface area contributed by atoms with E-state index in [1.54, 1.807) is 0 Å². The fourth-order valence-electron chi connectivity index (χ4n) is 4.63. The van der Waals surface area contributed by atoms with Gasteiger partial charge >= 0.3 is 0 Å². The average Bonchev–Trinajstić information content (AvgIpc) is 3.30. The summed E-state index contributed by atoms with van der Waals surface area (Å²) >= 11 is 0. The molecule has 0 amide bonds. The molecule has 0 spiro atoms. The lowest BCUT2D eigenvalue weighted by molar-refractivity contribution is -0.925. The van der Waals surface area contributed by atoms with Crippen molar-refractivity contribution < 1.29 is 4.90 Å². The predicted octanol–water partition coefficient (Wildman–Crippen LogP) is 2.21. The van der Waals surface area contributed by atoms with Gasteiger partial charge in [0.2, 0.25) is 5.82 Å². The van der Waals surface area contributed by atoms with Crippen molar-refractivity contribution in [2.45, 2.75) is 63.5 Å². The molecule has 2 fully saturated rings. The van der Waals surface area contributed by atoms with Gasteiger partial charge in [-0.1, -0.05) is 25.0 Å². The molecule has 2 aliphatic rings. The van der Waals surface area contributed by atoms with E-state index >= 15 is 0 Å². The van der Waals surface area contributed by atoms with Gasteiger partial charge in [0.15, 0.2) is 6.04 Å². The van der Waals surface area contributed by atoms with E-state index < -0.39 is 0 Å². The fraction of sp³-hybridized carbons (Fsp3) is 0.600. The third kappa shape index (κ3) is 3.49. The zero-order valence-corrected chi connectivity index (χ0v) is 15.3. The van der Waals surface area contributed by atoms with Crippen molar-refractivity contribution in [2.75, 3.05) is 13.1 Å². The molecule has 1 N–H and O–H groups in total. The van der Waals surface area contributed by atoms with Crippen molar-refractivity contribution in [1.82, 2.24) is 20.2 Å². The van der Waals surface area contributed by atoms with Crippen LogP contribution < -0.4 is 4.90 Å². The van der Waals surface area contributed by atoms with Crippen molar-refractivity contribution in [2.24, 2.45) is 0 Å². The molecule has 6 heteroatoms. The summed E-state index contributed by atoms with van der Waals surface area (Å²) in [6.45, 7) is 2.28. The Kier molecular flexibility index (Phi) is 5.26. The van der Waals surface area contributed by atoms with Crippen LogP contribution in [-0.4, -0.2) is 33.3 Å². The summed E-state index contributed by atoms with van der Waals surface area (Å²) < 4.78 is 2.09. The molecular formula is C20H27N6+. The Hall–Kier alpha value is -2.26. The second-order valence-electron chi connectivity index (χ2n) is 7.66. The topological polar surface area (TPSA) is 71.8 Å². The minimum Gasteiger partial charge on any atom is -0.322 e. The zero-order chi connectivity index (χ0) is 17.8. The van der Waals surface area contributed by atoms with Crippen molar-refractivity contribution in [1.29, 1.82) is 5.26 Å². The average molecular weight is 351 g/mol. The van der Waals surface area contributed by atoms with Gasteiger partial charge in [-0.25, -0.2) is 4.68 Å². The molecule has 6 nitrogen and oxygen atoms in total. The maximum Gasteiger partial charge on any atom is 0.214 e. The highest BCUT2D eigenvalue weighted by molar-refractivity contribution is 5.35. The first-order chi connectivity index (χ1) is 12.9. The van der Waals surface area contributed by atoms with Gasteiger partial charge in [-0.3, -0.25) is 0 Å². The zero-order valence-electron chi connectivity index (χ0n) is 15.3. The number of hydrogen-bond donors (Lipinski definition) is 1. The Labute approximate surface area is 154 Å². The van der Waals surface area contributed by atoms with Crippen molar-refractivity contribution in [3.63, 3.8) is 0 Å². The highest BCUT2D eigenvalue weighted by atomic mass is 15.6. The van der Waals surface area contributed by atoms with Gasteiger partial charge < -0.3 is 4.90 Å². The van der Waals surface area contributed by atoms with Gasteiger partial charge in [0, 0.05) is 5.56 Å². The molecule has 136 valence electrons. The first-order valence-corrected chi connectivity index (χ1v) is 9.99. The van der Waals surface area contributed by atoms with Crippen LogP contribution in [0.1, 0.15) is 80.4 Å². The number of nitriles is 1. The molecule has 2 aromatic rings. The molecule has 0 unspecified atom stereocenters. The van der Waals surface area contributed by atoms with Gasteiger partial charge in [0.1, 0.15) is 0 Å². The predicted molar refractivity (Wildman–Crippen MR) is 97.5 cm³/mol. The van der Waals surface area contributed by atoms with Gasteiger partial charge in [0.05, 0.1) is 30.8 Å². The molecule has 1 aliphatic heterocycles. The van der Waals surface area contributed by atoms with E-state index in [1.165, 1.54) is 56.3 Å². The standard InChI is InChI=1S/C20H26N6/c21-15-16-8-7-9-17(14-16)19(25-12-5-1-2-6-13-25)20-22-23-24-26(20)18-10-3-4-11-18/h7-9,14,18-19H,1-6,10-13H2/p+1/t19-/m0/s1. The number of nitrogens with one attached hydrogen (secondary N) is 1. The van der Waals surface area contributed by atoms with Crippen molar-refractivity contribution in [3.8, 4) is 6.07 Å². The molecule has 1 aromatic heterocycles. The van der Waals surface area contributed by atoms with Gasteiger partial charge in [-0.15, -0.1) is 5.10 Å². The van der Waals surface area contributed by atoms with Crippen LogP contribution in [0.5, 0.6) is 0 Å². The minimum absolute atomic E-state index is 0.108. The van der Waals surface area contributed by atoms with E-state index in [0.29, 0.717) is 11.6 Å². The maximum atomic E-state index is 9.35. The Morgan fingerprint density at radius 3 is 2.58 bits per heavy atom. The van der Waals surface area contributed by atoms with Crippen LogP contribution in [0.25, 0.3) is 0 Å². The lowest BCUT2D eigenvalue weighted by Crippen LogP contribution is -3.12. The Bertz CT molecular complexity index is 763. The summed E-state index contributed by atoms with van der Waals surface area (Å²) in [6.07, 6.45) is 9.95. The first kappa shape index (κ1) is 17.2. The van der Waals surface area contributed by atoms with Crippen LogP contribution in [0.3, 0.4) is 0 Å². The van der Waals surface area contributed by atoms with Crippen LogP contribution in [0.15, 0.2) is 24.3 Å². The third-order valence-electron chi connectivity index (χ3n) is 5.95. The molecular weight excluding hydrogens is 324 g/mol. The largest absolute Gasteiger partial charge is 0.322 e. The number of nitrogens with zero attached hydrogens (tertiary/aromatic N) is 5. The highest BCUT2D eigenvalue weighted by Crippen LogP contribution is 2.31. The van der Waals surface area contributed by atoms with Gasteiger partial charge in [-0.05, 0) is 61.1 Å². The van der Waals surface area contributed by atoms with E-state index in [1.807, 2.05) is 18.2 Å². The number of likely N-dealkylation sites (tertiary alicyclic amines) is 1. The fourth-order valence-corrected chi connectivity index (χ4v) is 4.63. The normalized spacial score (nSPS) is 20.6. The van der Waals surface area contributed by atoms with Crippen molar-refractivity contribution >= 4 is 0 Å². The molecule has 1 saturated heterocycles. The smallest absolute Gasteiger partial charge is 0.214 e. The monoisotopic (exact) mass is 351 g/mol. The van der Waals surface area contributed by atoms with E-state index in [0.717, 1.165) is 24.5 Å². The molecule has 1 atom stereocenters. The van der Waals surface area contributed by atoms with Crippen LogP contribution in [0.4, 0.5) is 0 Å². The summed E-state index contributed by atoms with van der Waals surface area (Å²) in [5.41, 5.74) is 1.87. The van der Waals surface area contributed by atoms with E-state index in [9.17, 15) is 5.26 Å². The number of tetrazole rings is 1. The molecule has 1 aliphatic carbocycles. The summed E-state index contributed by atoms with van der Waals surface area (Å²) in [7, 11) is 0. The van der Waals surface area contributed by atoms with Crippen LogP contribution in [0.2, 0.25) is 0 Å². The van der Waals surface area contributed by atoms with Crippen molar-refractivity contribution in [3.05, 3.63) is 41.2 Å². The molecule has 26 heavy (non-hydrogen) atoms. The highest BCUT2D eigenvalue weighted by Gasteiger charge is 2.34. The second kappa shape index (κ2) is 7.96. The molecule has 1 saturated carbocycles. The number of hydrogen-bond acceptors (Lipinski definition) is 4. The van der Waals surface area contributed by atoms with Crippen LogP contribution in [-0.2, 0) is 0 Å². The molecule has 1 aromatic carbocycles. The minimum atomic E-state index is 0.108. The molecule has 4 rings (SSSR count). The maximum absolute atomic E-state index is 9.35. The summed E-state index contributed by atoms with van der Waals surface area (Å²) in [4.78, 5) is 1.53. The third-order valence-corrected chi connectivity index (χ3v) is 5.95. The number of aromatic nitrogens is 4. The van der Waals surface area contributed by atoms with E-state index in [4.69, 9.17) is 0 Å². The number of quaternary nitrogens is 1. The quantitative estimate of drug-likeness (QED) is 0.917. The lowest BCUT2D eigenvalue weighted by Gasteiger charge is -2.28. The second-order valence-corrected chi connectivity index (χ2v) is 7.66. The van der Waals surface area contributed by atoms with Gasteiger partial charge in [0.25, 0.3) is 0 Å². The Balaban J connectivity index is 1.75. The Morgan fingerprint density at radius 1 is 1.08 bits per heavy atom. The van der Waals surface area contributed by atoms with Crippen LogP contribution >= 0.6 is 0 Å². The first-order valence-electron chi connectivity index (χ1n) is 9.99. The SMILES string of the molecule is N#Cc1cccc([C@@H](c2nnnn2C2CCCC2)[NH+]2CCCCCC2)c1. The summed E-state index contributed by atoms with van der Waals surface area (Å²) in [5.74, 6) is 0.976. The number of benzene rings is 1. The Morgan fingerprint density at radius 2 is 1.85 bits per heavy atom. The molecule has 0 radical (unpaired) electrons. The summed E-state index contributed by atoms with van der Waals surface area (Å²) in [6, 6.07) is 10.8. The molecule has 0 bridgehead atoms. The van der Waals surface area contributed by atoms with E-state index in [-0.39, 0.29) is 6.04 Å². The lowest BCUT2D eigenvalue weighted by atomic mass is 10.0. The van der Waals surface area contributed by atoms with Gasteiger partial charge in [-0.2, -0.15) is 5.26 Å².